The van der Waals surface area contributed by atoms with Gasteiger partial charge in [0.15, 0.2) is 11.5 Å². The Morgan fingerprint density at radius 2 is 1.75 bits per heavy atom. The second-order valence-electron chi connectivity index (χ2n) is 8.03. The van der Waals surface area contributed by atoms with E-state index in [0.717, 1.165) is 31.6 Å². The Kier molecular flexibility index (Phi) is 6.31. The van der Waals surface area contributed by atoms with Crippen LogP contribution in [-0.2, 0) is 13.1 Å². The van der Waals surface area contributed by atoms with Crippen LogP contribution in [0.15, 0.2) is 33.9 Å². The summed E-state index contributed by atoms with van der Waals surface area (Å²) in [6, 6.07) is 7.93. The Labute approximate surface area is 184 Å². The lowest BCUT2D eigenvalue weighted by molar-refractivity contribution is 0.0943. The van der Waals surface area contributed by atoms with E-state index in [2.05, 4.69) is 25.2 Å². The highest BCUT2D eigenvalue weighted by atomic mass is 16.2. The van der Waals surface area contributed by atoms with E-state index in [0.29, 0.717) is 6.54 Å². The number of nitrogens with one attached hydrogen (secondary N) is 2. The van der Waals surface area contributed by atoms with Gasteiger partial charge in [0.2, 0.25) is 5.82 Å². The molecule has 1 aromatic carbocycles. The van der Waals surface area contributed by atoms with Crippen LogP contribution < -0.4 is 22.2 Å². The number of hydrogen-bond acceptors (Lipinski definition) is 7. The van der Waals surface area contributed by atoms with Crippen LogP contribution in [0.2, 0.25) is 0 Å². The minimum absolute atomic E-state index is 0.0662. The van der Waals surface area contributed by atoms with Gasteiger partial charge in [0.05, 0.1) is 6.54 Å². The minimum Gasteiger partial charge on any atom is -0.382 e. The quantitative estimate of drug-likeness (QED) is 0.466. The molecule has 1 saturated heterocycles. The van der Waals surface area contributed by atoms with Crippen LogP contribution in [-0.4, -0.2) is 50.0 Å². The molecule has 0 aliphatic carbocycles. The van der Waals surface area contributed by atoms with Crippen LogP contribution >= 0.6 is 0 Å². The van der Waals surface area contributed by atoms with Crippen molar-refractivity contribution < 1.29 is 4.79 Å². The van der Waals surface area contributed by atoms with Crippen molar-refractivity contribution in [3.05, 3.63) is 61.9 Å². The molecule has 3 aromatic rings. The van der Waals surface area contributed by atoms with Crippen LogP contribution in [0.1, 0.15) is 47.9 Å². The Hall–Kier alpha value is -3.53. The maximum absolute atomic E-state index is 12.7. The number of amides is 1. The molecule has 1 amide bonds. The summed E-state index contributed by atoms with van der Waals surface area (Å²) in [5.74, 6) is -0.704. The van der Waals surface area contributed by atoms with Crippen molar-refractivity contribution in [1.29, 1.82) is 0 Å². The summed E-state index contributed by atoms with van der Waals surface area (Å²) in [5.41, 5.74) is 6.67. The number of H-pyrrole nitrogens is 1. The Balaban J connectivity index is 1.68. The Bertz CT molecular complexity index is 1240. The van der Waals surface area contributed by atoms with Crippen LogP contribution in [0.5, 0.6) is 0 Å². The fraction of sp³-hybridized carbons (Fsp3) is 0.409. The molecule has 1 aliphatic rings. The number of aromatic nitrogens is 4. The summed E-state index contributed by atoms with van der Waals surface area (Å²) in [6.07, 6.45) is 3.22. The maximum Gasteiger partial charge on any atom is 0.318 e. The van der Waals surface area contributed by atoms with E-state index < -0.39 is 17.0 Å². The molecule has 168 valence electrons. The van der Waals surface area contributed by atoms with Gasteiger partial charge < -0.3 is 16.0 Å². The van der Waals surface area contributed by atoms with Gasteiger partial charge in [-0.3, -0.25) is 23.9 Å². The van der Waals surface area contributed by atoms with E-state index in [9.17, 15) is 14.4 Å². The lowest BCUT2D eigenvalue weighted by Gasteiger charge is -2.15. The van der Waals surface area contributed by atoms with Crippen LogP contribution in [0.4, 0.5) is 5.82 Å². The number of carbonyl (C=O) groups excluding carboxylic acids is 1. The summed E-state index contributed by atoms with van der Waals surface area (Å²) in [5, 5.41) is 2.69. The van der Waals surface area contributed by atoms with Gasteiger partial charge in [-0.25, -0.2) is 9.97 Å². The van der Waals surface area contributed by atoms with Gasteiger partial charge >= 0.3 is 11.1 Å². The Morgan fingerprint density at radius 3 is 2.41 bits per heavy atom. The standard InChI is InChI=1S/C22H27N7O3/c1-2-9-24-20(30)18-26-17(23)16-19(27-18)29(22(32)21(31)25-16)13-15-7-5-14(6-8-15)12-28-10-3-4-11-28/h5-8H,2-4,9-13H2,1H3,(H,24,30)(H,25,31)(H2,23,26,27). The number of rotatable bonds is 7. The highest BCUT2D eigenvalue weighted by molar-refractivity contribution is 5.93. The number of likely N-dealkylation sites (tertiary alicyclic amines) is 1. The molecule has 10 heteroatoms. The lowest BCUT2D eigenvalue weighted by atomic mass is 10.1. The minimum atomic E-state index is -0.818. The van der Waals surface area contributed by atoms with Gasteiger partial charge in [-0.2, -0.15) is 0 Å². The molecule has 0 spiro atoms. The van der Waals surface area contributed by atoms with Crippen molar-refractivity contribution in [3.8, 4) is 0 Å². The zero-order valence-corrected chi connectivity index (χ0v) is 18.1. The second-order valence-corrected chi connectivity index (χ2v) is 8.03. The van der Waals surface area contributed by atoms with E-state index in [1.807, 2.05) is 31.2 Å². The van der Waals surface area contributed by atoms with Crippen molar-refractivity contribution in [2.24, 2.45) is 0 Å². The molecule has 1 fully saturated rings. The summed E-state index contributed by atoms with van der Waals surface area (Å²) in [6.45, 7) is 5.64. The van der Waals surface area contributed by atoms with Crippen LogP contribution in [0, 0.1) is 0 Å². The van der Waals surface area contributed by atoms with Gasteiger partial charge in [0.1, 0.15) is 5.52 Å². The topological polar surface area (TPSA) is 139 Å². The number of hydrogen-bond donors (Lipinski definition) is 3. The van der Waals surface area contributed by atoms with Crippen molar-refractivity contribution in [1.82, 2.24) is 29.7 Å². The first-order valence-corrected chi connectivity index (χ1v) is 10.8. The highest BCUT2D eigenvalue weighted by Gasteiger charge is 2.18. The van der Waals surface area contributed by atoms with Gasteiger partial charge in [-0.1, -0.05) is 31.2 Å². The molecule has 4 N–H and O–H groups in total. The zero-order chi connectivity index (χ0) is 22.7. The first kappa shape index (κ1) is 21.7. The van der Waals surface area contributed by atoms with E-state index in [1.54, 1.807) is 0 Å². The molecule has 32 heavy (non-hydrogen) atoms. The summed E-state index contributed by atoms with van der Waals surface area (Å²) in [4.78, 5) is 50.3. The number of nitrogens with zero attached hydrogens (tertiary/aromatic N) is 4. The first-order chi connectivity index (χ1) is 15.5. The maximum atomic E-state index is 12.7. The summed E-state index contributed by atoms with van der Waals surface area (Å²) in [7, 11) is 0. The van der Waals surface area contributed by atoms with E-state index in [1.165, 1.54) is 23.0 Å². The van der Waals surface area contributed by atoms with E-state index >= 15 is 0 Å². The molecule has 1 aliphatic heterocycles. The fourth-order valence-corrected chi connectivity index (χ4v) is 3.86. The van der Waals surface area contributed by atoms with Crippen LogP contribution in [0.25, 0.3) is 11.2 Å². The fourth-order valence-electron chi connectivity index (χ4n) is 3.86. The van der Waals surface area contributed by atoms with E-state index in [-0.39, 0.29) is 29.4 Å². The molecule has 0 saturated carbocycles. The number of anilines is 1. The molecule has 2 aromatic heterocycles. The molecule has 0 bridgehead atoms. The van der Waals surface area contributed by atoms with Crippen molar-refractivity contribution in [2.75, 3.05) is 25.4 Å². The second kappa shape index (κ2) is 9.31. The normalized spacial score (nSPS) is 14.2. The number of nitrogens with two attached hydrogens (primary N) is 1. The number of aromatic amines is 1. The van der Waals surface area contributed by atoms with Gasteiger partial charge in [-0.15, -0.1) is 0 Å². The first-order valence-electron chi connectivity index (χ1n) is 10.8. The van der Waals surface area contributed by atoms with Gasteiger partial charge in [0, 0.05) is 13.1 Å². The SMILES string of the molecule is CCCNC(=O)c1nc(N)c2[nH]c(=O)c(=O)n(Cc3ccc(CN4CCCC4)cc3)c2n1. The molecule has 3 heterocycles. The number of fused-ring (bicyclic) bond motifs is 1. The average Bonchev–Trinajstić information content (AvgIpc) is 3.30. The third-order valence-electron chi connectivity index (χ3n) is 5.56. The van der Waals surface area contributed by atoms with Gasteiger partial charge in [-0.05, 0) is 43.5 Å². The molecule has 0 atom stereocenters. The molecular formula is C22H27N7O3. The van der Waals surface area contributed by atoms with Gasteiger partial charge in [0.25, 0.3) is 5.91 Å². The number of carbonyl (C=O) groups is 1. The summed E-state index contributed by atoms with van der Waals surface area (Å²) < 4.78 is 1.23. The third-order valence-corrected chi connectivity index (χ3v) is 5.56. The molecule has 0 unspecified atom stereocenters. The van der Waals surface area contributed by atoms with E-state index in [4.69, 9.17) is 5.73 Å². The average molecular weight is 438 g/mol. The largest absolute Gasteiger partial charge is 0.382 e. The number of nitrogen functional groups attached to an aromatic ring is 1. The predicted octanol–water partition coefficient (Wildman–Crippen LogP) is 0.846. The monoisotopic (exact) mass is 437 g/mol. The molecule has 0 radical (unpaired) electrons. The smallest absolute Gasteiger partial charge is 0.318 e. The van der Waals surface area contributed by atoms with Crippen molar-refractivity contribution in [2.45, 2.75) is 39.3 Å². The number of benzene rings is 1. The predicted molar refractivity (Wildman–Crippen MR) is 122 cm³/mol. The molecular weight excluding hydrogens is 410 g/mol. The lowest BCUT2D eigenvalue weighted by Crippen LogP contribution is -2.38. The summed E-state index contributed by atoms with van der Waals surface area (Å²) >= 11 is 0. The molecule has 4 rings (SSSR count). The van der Waals surface area contributed by atoms with Crippen LogP contribution in [0.3, 0.4) is 0 Å². The molecule has 10 nitrogen and oxygen atoms in total. The van der Waals surface area contributed by atoms with Crippen molar-refractivity contribution >= 4 is 22.9 Å². The highest BCUT2D eigenvalue weighted by Crippen LogP contribution is 2.16. The van der Waals surface area contributed by atoms with Crippen molar-refractivity contribution in [3.63, 3.8) is 0 Å². The zero-order valence-electron chi connectivity index (χ0n) is 18.1. The Morgan fingerprint density at radius 1 is 1.09 bits per heavy atom. The third kappa shape index (κ3) is 4.54.